The first-order valence-electron chi connectivity index (χ1n) is 7.70. The highest BCUT2D eigenvalue weighted by molar-refractivity contribution is 5.20. The van der Waals surface area contributed by atoms with Gasteiger partial charge in [-0.1, -0.05) is 37.3 Å². The van der Waals surface area contributed by atoms with E-state index in [2.05, 4.69) is 89.1 Å². The fourth-order valence-corrected chi connectivity index (χ4v) is 2.23. The smallest absolute Gasteiger partial charge is 0.0475 e. The fourth-order valence-electron chi connectivity index (χ4n) is 2.23. The zero-order valence-corrected chi connectivity index (χ0v) is 14.3. The van der Waals surface area contributed by atoms with Gasteiger partial charge in [-0.2, -0.15) is 0 Å². The Labute approximate surface area is 125 Å². The molecule has 0 bridgehead atoms. The second-order valence-electron chi connectivity index (χ2n) is 7.33. The number of benzene rings is 1. The normalized spacial score (nSPS) is 14.6. The van der Waals surface area contributed by atoms with Gasteiger partial charge >= 0.3 is 0 Å². The van der Waals surface area contributed by atoms with Crippen LogP contribution in [0.3, 0.4) is 0 Å². The van der Waals surface area contributed by atoms with E-state index < -0.39 is 0 Å². The molecular weight excluding hydrogens is 244 g/mol. The van der Waals surface area contributed by atoms with Crippen molar-refractivity contribution in [1.29, 1.82) is 0 Å². The van der Waals surface area contributed by atoms with Crippen molar-refractivity contribution in [3.8, 4) is 0 Å². The Balaban J connectivity index is 2.96. The molecule has 0 aromatic heterocycles. The molecule has 0 saturated heterocycles. The van der Waals surface area contributed by atoms with Crippen LogP contribution in [0.2, 0.25) is 0 Å². The molecular formula is C18H32N2. The number of rotatable bonds is 6. The molecule has 0 spiro atoms. The SMILES string of the molecule is CCC(C)(C)N(C)C(CNC(C)(C)C)c1ccccc1. The van der Waals surface area contributed by atoms with Crippen molar-refractivity contribution >= 4 is 0 Å². The topological polar surface area (TPSA) is 15.3 Å². The highest BCUT2D eigenvalue weighted by Crippen LogP contribution is 2.28. The summed E-state index contributed by atoms with van der Waals surface area (Å²) in [4.78, 5) is 2.50. The van der Waals surface area contributed by atoms with Crippen molar-refractivity contribution < 1.29 is 0 Å². The second kappa shape index (κ2) is 6.73. The summed E-state index contributed by atoms with van der Waals surface area (Å²) in [6.45, 7) is 14.5. The molecule has 1 unspecified atom stereocenters. The summed E-state index contributed by atoms with van der Waals surface area (Å²) in [5.74, 6) is 0. The summed E-state index contributed by atoms with van der Waals surface area (Å²) in [6.07, 6.45) is 1.14. The van der Waals surface area contributed by atoms with Gasteiger partial charge in [0, 0.05) is 23.7 Å². The van der Waals surface area contributed by atoms with Crippen LogP contribution in [-0.2, 0) is 0 Å². The van der Waals surface area contributed by atoms with Crippen LogP contribution >= 0.6 is 0 Å². The summed E-state index contributed by atoms with van der Waals surface area (Å²) in [5, 5.41) is 3.66. The minimum atomic E-state index is 0.143. The number of nitrogens with zero attached hydrogens (tertiary/aromatic N) is 1. The van der Waals surface area contributed by atoms with Crippen molar-refractivity contribution in [1.82, 2.24) is 10.2 Å². The first-order chi connectivity index (χ1) is 9.17. The third-order valence-electron chi connectivity index (χ3n) is 4.30. The second-order valence-corrected chi connectivity index (χ2v) is 7.33. The number of likely N-dealkylation sites (N-methyl/N-ethyl adjacent to an activating group) is 1. The zero-order valence-electron chi connectivity index (χ0n) is 14.3. The number of nitrogens with one attached hydrogen (secondary N) is 1. The van der Waals surface area contributed by atoms with Crippen molar-refractivity contribution in [2.75, 3.05) is 13.6 Å². The van der Waals surface area contributed by atoms with Gasteiger partial charge in [0.1, 0.15) is 0 Å². The molecule has 0 heterocycles. The molecule has 1 N–H and O–H groups in total. The van der Waals surface area contributed by atoms with Gasteiger partial charge in [-0.3, -0.25) is 4.90 Å². The Kier molecular flexibility index (Phi) is 5.79. The summed E-state index contributed by atoms with van der Waals surface area (Å²) in [6, 6.07) is 11.2. The van der Waals surface area contributed by atoms with Gasteiger partial charge in [0.15, 0.2) is 0 Å². The quantitative estimate of drug-likeness (QED) is 0.836. The highest BCUT2D eigenvalue weighted by Gasteiger charge is 2.29. The standard InChI is InChI=1S/C18H32N2/c1-8-18(5,6)20(7)16(14-19-17(2,3)4)15-12-10-9-11-13-15/h9-13,16,19H,8,14H2,1-7H3. The summed E-state index contributed by atoms with van der Waals surface area (Å²) in [7, 11) is 2.24. The molecule has 2 heteroatoms. The molecule has 1 rings (SSSR count). The molecule has 0 amide bonds. The molecule has 0 aliphatic rings. The Morgan fingerprint density at radius 3 is 2.05 bits per heavy atom. The van der Waals surface area contributed by atoms with Crippen molar-refractivity contribution in [2.24, 2.45) is 0 Å². The van der Waals surface area contributed by atoms with Crippen LogP contribution in [0.5, 0.6) is 0 Å². The number of hydrogen-bond donors (Lipinski definition) is 1. The average Bonchev–Trinajstić information content (AvgIpc) is 2.38. The number of hydrogen-bond acceptors (Lipinski definition) is 2. The first kappa shape index (κ1) is 17.2. The minimum absolute atomic E-state index is 0.143. The Bertz CT molecular complexity index is 390. The zero-order chi connectivity index (χ0) is 15.4. The summed E-state index contributed by atoms with van der Waals surface area (Å²) >= 11 is 0. The summed E-state index contributed by atoms with van der Waals surface area (Å²) in [5.41, 5.74) is 1.72. The van der Waals surface area contributed by atoms with Crippen LogP contribution in [0.4, 0.5) is 0 Å². The maximum atomic E-state index is 3.66. The predicted molar refractivity (Wildman–Crippen MR) is 89.1 cm³/mol. The van der Waals surface area contributed by atoms with Gasteiger partial charge in [0.2, 0.25) is 0 Å². The molecule has 0 aliphatic heterocycles. The molecule has 0 saturated carbocycles. The summed E-state index contributed by atoms with van der Waals surface area (Å²) < 4.78 is 0. The van der Waals surface area contributed by atoms with Crippen LogP contribution in [0, 0.1) is 0 Å². The molecule has 1 aromatic carbocycles. The third kappa shape index (κ3) is 4.92. The van der Waals surface area contributed by atoms with Gasteiger partial charge < -0.3 is 5.32 Å². The lowest BCUT2D eigenvalue weighted by Gasteiger charge is -2.42. The van der Waals surface area contributed by atoms with E-state index >= 15 is 0 Å². The van der Waals surface area contributed by atoms with Crippen LogP contribution in [0.1, 0.15) is 59.6 Å². The van der Waals surface area contributed by atoms with Crippen LogP contribution < -0.4 is 5.32 Å². The van der Waals surface area contributed by atoms with Gasteiger partial charge in [0.05, 0.1) is 0 Å². The van der Waals surface area contributed by atoms with Gasteiger partial charge in [-0.25, -0.2) is 0 Å². The van der Waals surface area contributed by atoms with E-state index in [4.69, 9.17) is 0 Å². The minimum Gasteiger partial charge on any atom is -0.310 e. The molecule has 114 valence electrons. The Morgan fingerprint density at radius 1 is 1.05 bits per heavy atom. The fraction of sp³-hybridized carbons (Fsp3) is 0.667. The van der Waals surface area contributed by atoms with Crippen LogP contribution in [0.15, 0.2) is 30.3 Å². The maximum Gasteiger partial charge on any atom is 0.0475 e. The molecule has 0 fully saturated rings. The third-order valence-corrected chi connectivity index (χ3v) is 4.30. The van der Waals surface area contributed by atoms with E-state index in [1.807, 2.05) is 0 Å². The largest absolute Gasteiger partial charge is 0.310 e. The Hall–Kier alpha value is -0.860. The maximum absolute atomic E-state index is 3.66. The van der Waals surface area contributed by atoms with Crippen molar-refractivity contribution in [2.45, 2.75) is 65.1 Å². The predicted octanol–water partition coefficient (Wildman–Crippen LogP) is 4.24. The Morgan fingerprint density at radius 2 is 1.60 bits per heavy atom. The monoisotopic (exact) mass is 276 g/mol. The van der Waals surface area contributed by atoms with E-state index in [0.717, 1.165) is 13.0 Å². The lowest BCUT2D eigenvalue weighted by Crippen LogP contribution is -2.48. The molecule has 1 aromatic rings. The van der Waals surface area contributed by atoms with Crippen molar-refractivity contribution in [3.63, 3.8) is 0 Å². The van der Waals surface area contributed by atoms with Crippen LogP contribution in [0.25, 0.3) is 0 Å². The lowest BCUT2D eigenvalue weighted by atomic mass is 9.94. The highest BCUT2D eigenvalue weighted by atomic mass is 15.2. The van der Waals surface area contributed by atoms with E-state index in [9.17, 15) is 0 Å². The van der Waals surface area contributed by atoms with Crippen molar-refractivity contribution in [3.05, 3.63) is 35.9 Å². The molecule has 1 atom stereocenters. The first-order valence-corrected chi connectivity index (χ1v) is 7.70. The average molecular weight is 276 g/mol. The van der Waals surface area contributed by atoms with Gasteiger partial charge in [0.25, 0.3) is 0 Å². The van der Waals surface area contributed by atoms with Crippen LogP contribution in [-0.4, -0.2) is 29.6 Å². The van der Waals surface area contributed by atoms with Gasteiger partial charge in [-0.05, 0) is 53.7 Å². The van der Waals surface area contributed by atoms with Gasteiger partial charge in [-0.15, -0.1) is 0 Å². The molecule has 0 aliphatic carbocycles. The lowest BCUT2D eigenvalue weighted by molar-refractivity contribution is 0.0916. The van der Waals surface area contributed by atoms with E-state index in [-0.39, 0.29) is 11.1 Å². The molecule has 20 heavy (non-hydrogen) atoms. The molecule has 2 nitrogen and oxygen atoms in total. The van der Waals surface area contributed by atoms with E-state index in [1.54, 1.807) is 0 Å². The van der Waals surface area contributed by atoms with E-state index in [1.165, 1.54) is 5.56 Å². The van der Waals surface area contributed by atoms with E-state index in [0.29, 0.717) is 6.04 Å². The molecule has 0 radical (unpaired) electrons.